The molecular weight excluding hydrogens is 264 g/mol. The molecule has 0 aromatic rings. The van der Waals surface area contributed by atoms with E-state index in [1.165, 1.54) is 51.1 Å². The summed E-state index contributed by atoms with van der Waals surface area (Å²) in [5.41, 5.74) is 0. The van der Waals surface area contributed by atoms with Gasteiger partial charge in [-0.25, -0.2) is 0 Å². The molecule has 1 saturated heterocycles. The lowest BCUT2D eigenvalue weighted by molar-refractivity contribution is 0.0834. The van der Waals surface area contributed by atoms with Crippen molar-refractivity contribution in [2.75, 3.05) is 31.6 Å². The summed E-state index contributed by atoms with van der Waals surface area (Å²) >= 11 is 1.98. The second kappa shape index (κ2) is 10.1. The summed E-state index contributed by atoms with van der Waals surface area (Å²) in [5.74, 6) is 2.83. The van der Waals surface area contributed by atoms with Crippen LogP contribution in [0.4, 0.5) is 0 Å². The van der Waals surface area contributed by atoms with Gasteiger partial charge >= 0.3 is 0 Å². The molecule has 0 amide bonds. The Kier molecular flexibility index (Phi) is 9.23. The normalized spacial score (nSPS) is 24.8. The molecule has 0 bridgehead atoms. The highest BCUT2D eigenvalue weighted by Gasteiger charge is 2.30. The van der Waals surface area contributed by atoms with Crippen LogP contribution in [-0.4, -0.2) is 48.6 Å². The van der Waals surface area contributed by atoms with Crippen molar-refractivity contribution in [3.05, 3.63) is 0 Å². The Morgan fingerprint density at radius 3 is 2.35 bits per heavy atom. The minimum Gasteiger partial charge on any atom is -0.311 e. The predicted molar refractivity (Wildman–Crippen MR) is 93.7 cm³/mol. The lowest BCUT2D eigenvalue weighted by Crippen LogP contribution is -2.59. The number of nitrogens with zero attached hydrogens (tertiary/aromatic N) is 1. The maximum Gasteiger partial charge on any atom is 0.0244 e. The molecule has 0 aliphatic carbocycles. The molecule has 1 aliphatic heterocycles. The number of nitrogens with one attached hydrogen (secondary N) is 1. The molecule has 1 fully saturated rings. The molecular formula is C17H36N2S. The van der Waals surface area contributed by atoms with Gasteiger partial charge in [0.15, 0.2) is 0 Å². The van der Waals surface area contributed by atoms with E-state index in [4.69, 9.17) is 0 Å². The van der Waals surface area contributed by atoms with Gasteiger partial charge in [-0.1, -0.05) is 40.5 Å². The van der Waals surface area contributed by atoms with Gasteiger partial charge in [0.05, 0.1) is 0 Å². The van der Waals surface area contributed by atoms with Crippen LogP contribution in [0.2, 0.25) is 0 Å². The van der Waals surface area contributed by atoms with Gasteiger partial charge in [-0.2, -0.15) is 11.8 Å². The quantitative estimate of drug-likeness (QED) is 0.651. The number of piperazine rings is 1. The molecule has 1 heterocycles. The highest BCUT2D eigenvalue weighted by molar-refractivity contribution is 7.98. The van der Waals surface area contributed by atoms with Crippen LogP contribution in [0.15, 0.2) is 0 Å². The van der Waals surface area contributed by atoms with E-state index in [0.717, 1.165) is 17.9 Å². The zero-order valence-electron chi connectivity index (χ0n) is 14.3. The summed E-state index contributed by atoms with van der Waals surface area (Å²) in [4.78, 5) is 2.76. The Morgan fingerprint density at radius 2 is 1.75 bits per heavy atom. The Bertz CT molecular complexity index is 243. The van der Waals surface area contributed by atoms with Crippen molar-refractivity contribution in [2.45, 2.75) is 65.5 Å². The molecule has 1 aliphatic rings. The first-order chi connectivity index (χ1) is 9.56. The minimum atomic E-state index is 0.682. The van der Waals surface area contributed by atoms with Gasteiger partial charge in [0.2, 0.25) is 0 Å². The smallest absolute Gasteiger partial charge is 0.0244 e. The summed E-state index contributed by atoms with van der Waals surface area (Å²) < 4.78 is 0. The van der Waals surface area contributed by atoms with E-state index in [2.05, 4.69) is 44.2 Å². The first-order valence-electron chi connectivity index (χ1n) is 8.52. The largest absolute Gasteiger partial charge is 0.311 e. The Balaban J connectivity index is 2.32. The molecule has 2 unspecified atom stereocenters. The molecule has 2 nitrogen and oxygen atoms in total. The fraction of sp³-hybridized carbons (Fsp3) is 1.00. The predicted octanol–water partition coefficient (Wildman–Crippen LogP) is 3.86. The number of rotatable bonds is 9. The Morgan fingerprint density at radius 1 is 1.05 bits per heavy atom. The average molecular weight is 301 g/mol. The van der Waals surface area contributed by atoms with Crippen LogP contribution < -0.4 is 5.32 Å². The second-order valence-corrected chi connectivity index (χ2v) is 7.96. The van der Waals surface area contributed by atoms with E-state index < -0.39 is 0 Å². The van der Waals surface area contributed by atoms with Crippen LogP contribution in [0, 0.1) is 11.8 Å². The van der Waals surface area contributed by atoms with Crippen molar-refractivity contribution in [3.63, 3.8) is 0 Å². The maximum absolute atomic E-state index is 3.75. The first-order valence-corrected chi connectivity index (χ1v) is 9.92. The zero-order valence-corrected chi connectivity index (χ0v) is 15.1. The molecule has 1 N–H and O–H groups in total. The van der Waals surface area contributed by atoms with E-state index in [-0.39, 0.29) is 0 Å². The van der Waals surface area contributed by atoms with E-state index in [9.17, 15) is 0 Å². The summed E-state index contributed by atoms with van der Waals surface area (Å²) in [6, 6.07) is 1.41. The van der Waals surface area contributed by atoms with E-state index in [1.807, 2.05) is 11.8 Å². The zero-order chi connectivity index (χ0) is 15.0. The van der Waals surface area contributed by atoms with Crippen molar-refractivity contribution in [1.29, 1.82) is 0 Å². The van der Waals surface area contributed by atoms with Gasteiger partial charge in [-0.15, -0.1) is 0 Å². The summed E-state index contributed by atoms with van der Waals surface area (Å²) in [5, 5.41) is 3.75. The lowest BCUT2D eigenvalue weighted by atomic mass is 9.94. The molecule has 20 heavy (non-hydrogen) atoms. The van der Waals surface area contributed by atoms with Crippen LogP contribution in [0.3, 0.4) is 0 Å². The summed E-state index contributed by atoms with van der Waals surface area (Å²) in [6.45, 7) is 13.1. The molecule has 1 rings (SSSR count). The lowest BCUT2D eigenvalue weighted by Gasteiger charge is -2.43. The van der Waals surface area contributed by atoms with Gasteiger partial charge < -0.3 is 5.32 Å². The van der Waals surface area contributed by atoms with Crippen LogP contribution in [0.25, 0.3) is 0 Å². The van der Waals surface area contributed by atoms with Crippen LogP contribution in [0.5, 0.6) is 0 Å². The SMILES string of the molecule is CSCCCCCCN1CC(C(C)C)NCC1C(C)C. The maximum atomic E-state index is 3.75. The number of thioether (sulfide) groups is 1. The fourth-order valence-electron chi connectivity index (χ4n) is 3.13. The van der Waals surface area contributed by atoms with Crippen molar-refractivity contribution in [2.24, 2.45) is 11.8 Å². The van der Waals surface area contributed by atoms with Gasteiger partial charge in [-0.05, 0) is 43.2 Å². The highest BCUT2D eigenvalue weighted by atomic mass is 32.2. The van der Waals surface area contributed by atoms with Gasteiger partial charge in [-0.3, -0.25) is 4.90 Å². The van der Waals surface area contributed by atoms with E-state index >= 15 is 0 Å². The number of hydrogen-bond donors (Lipinski definition) is 1. The number of unbranched alkanes of at least 4 members (excludes halogenated alkanes) is 3. The second-order valence-electron chi connectivity index (χ2n) is 6.97. The molecule has 3 heteroatoms. The van der Waals surface area contributed by atoms with Crippen molar-refractivity contribution in [1.82, 2.24) is 10.2 Å². The standard InChI is InChI=1S/C17H36N2S/c1-14(2)16-13-19(17(12-18-16)15(3)4)10-8-6-7-9-11-20-5/h14-18H,6-13H2,1-5H3. The monoisotopic (exact) mass is 300 g/mol. The average Bonchev–Trinajstić information content (AvgIpc) is 2.42. The topological polar surface area (TPSA) is 15.3 Å². The number of hydrogen-bond acceptors (Lipinski definition) is 3. The molecule has 0 radical (unpaired) electrons. The van der Waals surface area contributed by atoms with E-state index in [1.54, 1.807) is 0 Å². The third-order valence-corrected chi connectivity index (χ3v) is 5.30. The van der Waals surface area contributed by atoms with Crippen LogP contribution in [-0.2, 0) is 0 Å². The molecule has 0 spiro atoms. The third-order valence-electron chi connectivity index (χ3n) is 4.61. The summed E-state index contributed by atoms with van der Waals surface area (Å²) in [7, 11) is 0. The van der Waals surface area contributed by atoms with Crippen molar-refractivity contribution >= 4 is 11.8 Å². The van der Waals surface area contributed by atoms with E-state index in [0.29, 0.717) is 6.04 Å². The summed E-state index contributed by atoms with van der Waals surface area (Å²) in [6.07, 6.45) is 7.79. The first kappa shape index (κ1) is 18.3. The highest BCUT2D eigenvalue weighted by Crippen LogP contribution is 2.19. The third kappa shape index (κ3) is 6.36. The molecule has 0 aromatic heterocycles. The molecule has 0 aromatic carbocycles. The molecule has 0 saturated carbocycles. The van der Waals surface area contributed by atoms with Gasteiger partial charge in [0.1, 0.15) is 0 Å². The fourth-order valence-corrected chi connectivity index (χ4v) is 3.62. The minimum absolute atomic E-state index is 0.682. The van der Waals surface area contributed by atoms with Crippen LogP contribution >= 0.6 is 11.8 Å². The Hall–Kier alpha value is 0.270. The molecule has 120 valence electrons. The molecule has 2 atom stereocenters. The van der Waals surface area contributed by atoms with Gasteiger partial charge in [0.25, 0.3) is 0 Å². The van der Waals surface area contributed by atoms with Gasteiger partial charge in [0, 0.05) is 25.2 Å². The van der Waals surface area contributed by atoms with Crippen molar-refractivity contribution in [3.8, 4) is 0 Å². The van der Waals surface area contributed by atoms with Crippen LogP contribution in [0.1, 0.15) is 53.4 Å². The Labute approximate surface area is 131 Å². The van der Waals surface area contributed by atoms with Crippen molar-refractivity contribution < 1.29 is 0 Å².